The number of nitrogens with two attached hydrogens (primary N) is 1. The Labute approximate surface area is 111 Å². The third-order valence-corrected chi connectivity index (χ3v) is 3.57. The number of nitro groups is 1. The third kappa shape index (κ3) is 2.44. The lowest BCUT2D eigenvalue weighted by Gasteiger charge is -2.24. The summed E-state index contributed by atoms with van der Waals surface area (Å²) in [5.74, 6) is -0.280. The van der Waals surface area contributed by atoms with E-state index in [9.17, 15) is 14.9 Å². The van der Waals surface area contributed by atoms with E-state index in [1.165, 1.54) is 6.07 Å². The van der Waals surface area contributed by atoms with E-state index in [1.807, 2.05) is 0 Å². The molecule has 0 aromatic heterocycles. The minimum atomic E-state index is -0.506. The van der Waals surface area contributed by atoms with Gasteiger partial charge in [-0.25, -0.2) is 0 Å². The van der Waals surface area contributed by atoms with Crippen LogP contribution >= 0.6 is 0 Å². The molecule has 1 aromatic carbocycles. The molecule has 102 valence electrons. The van der Waals surface area contributed by atoms with Crippen LogP contribution in [0.3, 0.4) is 0 Å². The number of hydrogen-bond acceptors (Lipinski definition) is 4. The van der Waals surface area contributed by atoms with E-state index in [0.29, 0.717) is 18.7 Å². The van der Waals surface area contributed by atoms with Crippen LogP contribution in [-0.4, -0.2) is 34.9 Å². The van der Waals surface area contributed by atoms with Crippen molar-refractivity contribution in [2.24, 2.45) is 5.73 Å². The SMILES string of the molecule is Cc1cccc([N+](=O)[O-])c1C(=O)N1CCCC1CN. The lowest BCUT2D eigenvalue weighted by molar-refractivity contribution is -0.385. The molecule has 1 saturated heterocycles. The van der Waals surface area contributed by atoms with Gasteiger partial charge < -0.3 is 10.6 Å². The fourth-order valence-electron chi connectivity index (χ4n) is 2.57. The number of likely N-dealkylation sites (tertiary alicyclic amines) is 1. The number of nitro benzene ring substituents is 1. The van der Waals surface area contributed by atoms with E-state index < -0.39 is 4.92 Å². The predicted octanol–water partition coefficient (Wildman–Crippen LogP) is 1.47. The second kappa shape index (κ2) is 5.36. The smallest absolute Gasteiger partial charge is 0.282 e. The van der Waals surface area contributed by atoms with Gasteiger partial charge in [0.25, 0.3) is 11.6 Å². The number of nitrogens with zero attached hydrogens (tertiary/aromatic N) is 2. The zero-order valence-corrected chi connectivity index (χ0v) is 10.8. The first kappa shape index (κ1) is 13.5. The first-order valence-electron chi connectivity index (χ1n) is 6.31. The Bertz CT molecular complexity index is 516. The number of amides is 1. The molecule has 0 bridgehead atoms. The Balaban J connectivity index is 2.41. The molecule has 19 heavy (non-hydrogen) atoms. The van der Waals surface area contributed by atoms with Crippen LogP contribution in [0.15, 0.2) is 18.2 Å². The van der Waals surface area contributed by atoms with Gasteiger partial charge >= 0.3 is 0 Å². The van der Waals surface area contributed by atoms with Crippen molar-refractivity contribution in [3.63, 3.8) is 0 Å². The van der Waals surface area contributed by atoms with Gasteiger partial charge in [-0.3, -0.25) is 14.9 Å². The fraction of sp³-hybridized carbons (Fsp3) is 0.462. The van der Waals surface area contributed by atoms with Crippen LogP contribution in [0.4, 0.5) is 5.69 Å². The molecule has 1 aromatic rings. The Morgan fingerprint density at radius 2 is 2.32 bits per heavy atom. The summed E-state index contributed by atoms with van der Waals surface area (Å²) in [5.41, 5.74) is 6.33. The molecule has 0 spiro atoms. The van der Waals surface area contributed by atoms with Crippen LogP contribution in [0, 0.1) is 17.0 Å². The van der Waals surface area contributed by atoms with Crippen LogP contribution in [0.5, 0.6) is 0 Å². The number of benzene rings is 1. The minimum absolute atomic E-state index is 0.00768. The first-order valence-corrected chi connectivity index (χ1v) is 6.31. The molecular formula is C13H17N3O3. The minimum Gasteiger partial charge on any atom is -0.334 e. The summed E-state index contributed by atoms with van der Waals surface area (Å²) in [6, 6.07) is 4.67. The molecule has 1 aliphatic rings. The highest BCUT2D eigenvalue weighted by Crippen LogP contribution is 2.27. The average molecular weight is 263 g/mol. The van der Waals surface area contributed by atoms with E-state index in [1.54, 1.807) is 24.0 Å². The van der Waals surface area contributed by atoms with E-state index in [0.717, 1.165) is 12.8 Å². The summed E-state index contributed by atoms with van der Waals surface area (Å²) in [6.45, 7) is 2.73. The molecule has 0 saturated carbocycles. The van der Waals surface area contributed by atoms with Gasteiger partial charge in [-0.15, -0.1) is 0 Å². The van der Waals surface area contributed by atoms with Crippen LogP contribution in [0.25, 0.3) is 0 Å². The zero-order chi connectivity index (χ0) is 14.0. The Morgan fingerprint density at radius 3 is 2.95 bits per heavy atom. The number of hydrogen-bond donors (Lipinski definition) is 1. The lowest BCUT2D eigenvalue weighted by atomic mass is 10.0. The maximum atomic E-state index is 12.5. The average Bonchev–Trinajstić information content (AvgIpc) is 2.85. The molecule has 1 heterocycles. The van der Waals surface area contributed by atoms with E-state index in [4.69, 9.17) is 5.73 Å². The van der Waals surface area contributed by atoms with Crippen molar-refractivity contribution in [3.8, 4) is 0 Å². The number of carbonyl (C=O) groups excluding carboxylic acids is 1. The fourth-order valence-corrected chi connectivity index (χ4v) is 2.57. The second-order valence-electron chi connectivity index (χ2n) is 4.76. The summed E-state index contributed by atoms with van der Waals surface area (Å²) in [7, 11) is 0. The molecule has 1 fully saturated rings. The maximum absolute atomic E-state index is 12.5. The molecule has 1 amide bonds. The Kier molecular flexibility index (Phi) is 3.80. The van der Waals surface area contributed by atoms with Crippen LogP contribution in [0.1, 0.15) is 28.8 Å². The highest BCUT2D eigenvalue weighted by Gasteiger charge is 2.32. The van der Waals surface area contributed by atoms with Gasteiger partial charge in [-0.2, -0.15) is 0 Å². The zero-order valence-electron chi connectivity index (χ0n) is 10.8. The van der Waals surface area contributed by atoms with Crippen molar-refractivity contribution >= 4 is 11.6 Å². The summed E-state index contributed by atoms with van der Waals surface area (Å²) in [6.07, 6.45) is 1.76. The van der Waals surface area contributed by atoms with Gasteiger partial charge in [-0.1, -0.05) is 12.1 Å². The van der Waals surface area contributed by atoms with Crippen molar-refractivity contribution in [2.45, 2.75) is 25.8 Å². The van der Waals surface area contributed by atoms with Gasteiger partial charge in [0.2, 0.25) is 0 Å². The quantitative estimate of drug-likeness (QED) is 0.660. The molecule has 0 radical (unpaired) electrons. The number of carbonyl (C=O) groups is 1. The van der Waals surface area contributed by atoms with Gasteiger partial charge in [0, 0.05) is 25.2 Å². The monoisotopic (exact) mass is 263 g/mol. The number of aryl methyl sites for hydroxylation is 1. The Hall–Kier alpha value is -1.95. The predicted molar refractivity (Wildman–Crippen MR) is 70.9 cm³/mol. The van der Waals surface area contributed by atoms with Crippen molar-refractivity contribution in [1.82, 2.24) is 4.90 Å². The van der Waals surface area contributed by atoms with Gasteiger partial charge in [0.15, 0.2) is 0 Å². The van der Waals surface area contributed by atoms with E-state index >= 15 is 0 Å². The Morgan fingerprint density at radius 1 is 1.58 bits per heavy atom. The van der Waals surface area contributed by atoms with Crippen molar-refractivity contribution in [3.05, 3.63) is 39.4 Å². The molecule has 6 nitrogen and oxygen atoms in total. The standard InChI is InChI=1S/C13H17N3O3/c1-9-4-2-6-11(16(18)19)12(9)13(17)15-7-3-5-10(15)8-14/h2,4,6,10H,3,5,7-8,14H2,1H3. The molecule has 1 aliphatic heterocycles. The lowest BCUT2D eigenvalue weighted by Crippen LogP contribution is -2.40. The summed E-state index contributed by atoms with van der Waals surface area (Å²) in [4.78, 5) is 24.7. The van der Waals surface area contributed by atoms with E-state index in [-0.39, 0.29) is 23.2 Å². The molecular weight excluding hydrogens is 246 g/mol. The van der Waals surface area contributed by atoms with Crippen LogP contribution in [0.2, 0.25) is 0 Å². The van der Waals surface area contributed by atoms with Crippen molar-refractivity contribution in [1.29, 1.82) is 0 Å². The molecule has 1 unspecified atom stereocenters. The van der Waals surface area contributed by atoms with Crippen LogP contribution in [-0.2, 0) is 0 Å². The summed E-state index contributed by atoms with van der Waals surface area (Å²) in [5, 5.41) is 11.1. The molecule has 2 rings (SSSR count). The summed E-state index contributed by atoms with van der Waals surface area (Å²) < 4.78 is 0. The topological polar surface area (TPSA) is 89.5 Å². The normalized spacial score (nSPS) is 18.6. The molecule has 6 heteroatoms. The van der Waals surface area contributed by atoms with Crippen molar-refractivity contribution in [2.75, 3.05) is 13.1 Å². The van der Waals surface area contributed by atoms with Crippen molar-refractivity contribution < 1.29 is 9.72 Å². The summed E-state index contributed by atoms with van der Waals surface area (Å²) >= 11 is 0. The van der Waals surface area contributed by atoms with Gasteiger partial charge in [0.1, 0.15) is 5.56 Å². The number of rotatable bonds is 3. The molecule has 0 aliphatic carbocycles. The van der Waals surface area contributed by atoms with Gasteiger partial charge in [0.05, 0.1) is 4.92 Å². The van der Waals surface area contributed by atoms with Crippen LogP contribution < -0.4 is 5.73 Å². The first-order chi connectivity index (χ1) is 9.06. The molecule has 1 atom stereocenters. The highest BCUT2D eigenvalue weighted by molar-refractivity contribution is 5.99. The van der Waals surface area contributed by atoms with E-state index in [2.05, 4.69) is 0 Å². The van der Waals surface area contributed by atoms with Gasteiger partial charge in [-0.05, 0) is 25.3 Å². The largest absolute Gasteiger partial charge is 0.334 e. The second-order valence-corrected chi connectivity index (χ2v) is 4.76. The third-order valence-electron chi connectivity index (χ3n) is 3.57. The molecule has 2 N–H and O–H groups in total. The highest BCUT2D eigenvalue weighted by atomic mass is 16.6. The maximum Gasteiger partial charge on any atom is 0.282 e.